The molecule has 0 aliphatic heterocycles. The average molecular weight is 262 g/mol. The molecule has 1 aromatic rings. The fourth-order valence-electron chi connectivity index (χ4n) is 1.93. The van der Waals surface area contributed by atoms with E-state index in [2.05, 4.69) is 71.7 Å². The number of nitrogens with two attached hydrogens (primary N) is 1. The van der Waals surface area contributed by atoms with Gasteiger partial charge >= 0.3 is 0 Å². The molecule has 0 spiro atoms. The Kier molecular flexibility index (Phi) is 4.81. The highest BCUT2D eigenvalue weighted by Gasteiger charge is 2.22. The van der Waals surface area contributed by atoms with Gasteiger partial charge in [-0.1, -0.05) is 39.0 Å². The van der Waals surface area contributed by atoms with Crippen LogP contribution in [0.1, 0.15) is 51.3 Å². The van der Waals surface area contributed by atoms with Gasteiger partial charge in [-0.2, -0.15) is 0 Å². The van der Waals surface area contributed by atoms with Crippen LogP contribution in [0.25, 0.3) is 0 Å². The van der Waals surface area contributed by atoms with E-state index in [0.717, 1.165) is 6.54 Å². The number of likely N-dealkylation sites (N-methyl/N-ethyl adjacent to an activating group) is 1. The summed E-state index contributed by atoms with van der Waals surface area (Å²) in [6.07, 6.45) is 0. The zero-order chi connectivity index (χ0) is 14.8. The summed E-state index contributed by atoms with van der Waals surface area (Å²) < 4.78 is 0. The van der Waals surface area contributed by atoms with Crippen molar-refractivity contribution in [3.63, 3.8) is 0 Å². The fourth-order valence-corrected chi connectivity index (χ4v) is 1.93. The van der Waals surface area contributed by atoms with Gasteiger partial charge in [-0.25, -0.2) is 0 Å². The molecule has 0 unspecified atom stereocenters. The first-order chi connectivity index (χ1) is 8.58. The molecule has 1 aromatic carbocycles. The molecule has 0 amide bonds. The highest BCUT2D eigenvalue weighted by molar-refractivity contribution is 5.34. The zero-order valence-electron chi connectivity index (χ0n) is 13.7. The highest BCUT2D eigenvalue weighted by atomic mass is 15.2. The maximum atomic E-state index is 5.86. The van der Waals surface area contributed by atoms with Crippen molar-refractivity contribution in [2.24, 2.45) is 5.73 Å². The van der Waals surface area contributed by atoms with E-state index in [1.807, 2.05) is 0 Å². The smallest absolute Gasteiger partial charge is 0.0275 e. The Morgan fingerprint density at radius 3 is 2.16 bits per heavy atom. The van der Waals surface area contributed by atoms with E-state index >= 15 is 0 Å². The number of aryl methyl sites for hydroxylation is 1. The summed E-state index contributed by atoms with van der Waals surface area (Å²) in [4.78, 5) is 2.34. The maximum Gasteiger partial charge on any atom is 0.0275 e. The van der Waals surface area contributed by atoms with Crippen LogP contribution in [-0.4, -0.2) is 24.0 Å². The monoisotopic (exact) mass is 262 g/mol. The summed E-state index contributed by atoms with van der Waals surface area (Å²) in [5.74, 6) is 0. The van der Waals surface area contributed by atoms with Gasteiger partial charge in [0.2, 0.25) is 0 Å². The van der Waals surface area contributed by atoms with E-state index in [1.165, 1.54) is 16.7 Å². The van der Waals surface area contributed by atoms with Crippen molar-refractivity contribution in [2.75, 3.05) is 13.6 Å². The molecule has 2 heteroatoms. The predicted octanol–water partition coefficient (Wildman–Crippen LogP) is 3.46. The van der Waals surface area contributed by atoms with Crippen molar-refractivity contribution >= 4 is 0 Å². The summed E-state index contributed by atoms with van der Waals surface area (Å²) in [6, 6.07) is 6.82. The second-order valence-electron chi connectivity index (χ2n) is 7.26. The third-order valence-electron chi connectivity index (χ3n) is 4.16. The van der Waals surface area contributed by atoms with E-state index in [0.29, 0.717) is 6.54 Å². The normalized spacial score (nSPS) is 13.1. The van der Waals surface area contributed by atoms with Crippen LogP contribution in [0.2, 0.25) is 0 Å². The Hall–Kier alpha value is -0.860. The zero-order valence-corrected chi connectivity index (χ0v) is 13.7. The third-order valence-corrected chi connectivity index (χ3v) is 4.16. The molecule has 2 N–H and O–H groups in total. The molecule has 0 saturated carbocycles. The molecule has 0 saturated heterocycles. The number of hydrogen-bond acceptors (Lipinski definition) is 2. The Bertz CT molecular complexity index is 427. The minimum Gasteiger partial charge on any atom is -0.329 e. The SMILES string of the molecule is Cc1ccc(C(C)(C)C)cc1CN(C)C(C)(C)CN. The lowest BCUT2D eigenvalue weighted by atomic mass is 9.85. The van der Waals surface area contributed by atoms with Crippen LogP contribution >= 0.6 is 0 Å². The van der Waals surface area contributed by atoms with Crippen LogP contribution in [0.3, 0.4) is 0 Å². The molecular formula is C17H30N2. The van der Waals surface area contributed by atoms with Gasteiger partial charge in [-0.05, 0) is 49.9 Å². The van der Waals surface area contributed by atoms with Gasteiger partial charge in [0.1, 0.15) is 0 Å². The largest absolute Gasteiger partial charge is 0.329 e. The summed E-state index contributed by atoms with van der Waals surface area (Å²) in [6.45, 7) is 15.0. The molecule has 0 radical (unpaired) electrons. The van der Waals surface area contributed by atoms with E-state index in [9.17, 15) is 0 Å². The molecule has 0 atom stereocenters. The quantitative estimate of drug-likeness (QED) is 0.900. The molecular weight excluding hydrogens is 232 g/mol. The van der Waals surface area contributed by atoms with Crippen molar-refractivity contribution in [1.29, 1.82) is 0 Å². The van der Waals surface area contributed by atoms with Crippen LogP contribution < -0.4 is 5.73 Å². The lowest BCUT2D eigenvalue weighted by Gasteiger charge is -2.35. The first-order valence-corrected chi connectivity index (χ1v) is 7.09. The predicted molar refractivity (Wildman–Crippen MR) is 84.5 cm³/mol. The third kappa shape index (κ3) is 4.05. The molecule has 0 aliphatic rings. The number of nitrogens with zero attached hydrogens (tertiary/aromatic N) is 1. The summed E-state index contributed by atoms with van der Waals surface area (Å²) >= 11 is 0. The Balaban J connectivity index is 3.01. The summed E-state index contributed by atoms with van der Waals surface area (Å²) in [7, 11) is 2.15. The topological polar surface area (TPSA) is 29.3 Å². The van der Waals surface area contributed by atoms with Gasteiger partial charge in [0, 0.05) is 18.6 Å². The molecule has 0 heterocycles. The molecule has 0 aromatic heterocycles. The number of rotatable bonds is 4. The van der Waals surface area contributed by atoms with Crippen LogP contribution in [0.15, 0.2) is 18.2 Å². The fraction of sp³-hybridized carbons (Fsp3) is 0.647. The van der Waals surface area contributed by atoms with E-state index in [4.69, 9.17) is 5.73 Å². The summed E-state index contributed by atoms with van der Waals surface area (Å²) in [5.41, 5.74) is 10.2. The maximum absolute atomic E-state index is 5.86. The molecule has 19 heavy (non-hydrogen) atoms. The minimum atomic E-state index is 0.0319. The van der Waals surface area contributed by atoms with Crippen LogP contribution in [-0.2, 0) is 12.0 Å². The molecule has 0 aliphatic carbocycles. The van der Waals surface area contributed by atoms with Crippen LogP contribution in [0.5, 0.6) is 0 Å². The van der Waals surface area contributed by atoms with E-state index < -0.39 is 0 Å². The highest BCUT2D eigenvalue weighted by Crippen LogP contribution is 2.26. The first-order valence-electron chi connectivity index (χ1n) is 7.09. The Morgan fingerprint density at radius 2 is 1.68 bits per heavy atom. The minimum absolute atomic E-state index is 0.0319. The molecule has 108 valence electrons. The second-order valence-corrected chi connectivity index (χ2v) is 7.26. The van der Waals surface area contributed by atoms with Crippen molar-refractivity contribution in [3.8, 4) is 0 Å². The number of hydrogen-bond donors (Lipinski definition) is 1. The summed E-state index contributed by atoms with van der Waals surface area (Å²) in [5, 5.41) is 0. The Labute approximate surface area is 119 Å². The van der Waals surface area contributed by atoms with Crippen molar-refractivity contribution < 1.29 is 0 Å². The standard InChI is InChI=1S/C17H30N2/c1-13-8-9-15(16(2,3)4)10-14(13)11-19(7)17(5,6)12-18/h8-10H,11-12,18H2,1-7H3. The number of benzene rings is 1. The molecule has 1 rings (SSSR count). The van der Waals surface area contributed by atoms with Crippen molar-refractivity contribution in [1.82, 2.24) is 4.90 Å². The first kappa shape index (κ1) is 16.2. The van der Waals surface area contributed by atoms with Crippen molar-refractivity contribution in [3.05, 3.63) is 34.9 Å². The van der Waals surface area contributed by atoms with Gasteiger partial charge in [-0.15, -0.1) is 0 Å². The molecule has 0 bridgehead atoms. The van der Waals surface area contributed by atoms with Gasteiger partial charge < -0.3 is 5.73 Å². The van der Waals surface area contributed by atoms with Crippen LogP contribution in [0.4, 0.5) is 0 Å². The molecule has 0 fully saturated rings. The van der Waals surface area contributed by atoms with E-state index in [1.54, 1.807) is 0 Å². The second kappa shape index (κ2) is 5.64. The van der Waals surface area contributed by atoms with E-state index in [-0.39, 0.29) is 11.0 Å². The lowest BCUT2D eigenvalue weighted by molar-refractivity contribution is 0.155. The van der Waals surface area contributed by atoms with Gasteiger partial charge in [-0.3, -0.25) is 4.90 Å². The molecule has 2 nitrogen and oxygen atoms in total. The van der Waals surface area contributed by atoms with Crippen LogP contribution in [0, 0.1) is 6.92 Å². The van der Waals surface area contributed by atoms with Gasteiger partial charge in [0.25, 0.3) is 0 Å². The lowest BCUT2D eigenvalue weighted by Crippen LogP contribution is -2.46. The van der Waals surface area contributed by atoms with Crippen molar-refractivity contribution in [2.45, 2.75) is 59.0 Å². The Morgan fingerprint density at radius 1 is 1.11 bits per heavy atom. The average Bonchev–Trinajstić information content (AvgIpc) is 2.30. The van der Waals surface area contributed by atoms with Gasteiger partial charge in [0.05, 0.1) is 0 Å². The van der Waals surface area contributed by atoms with Gasteiger partial charge in [0.15, 0.2) is 0 Å².